The van der Waals surface area contributed by atoms with Crippen LogP contribution in [-0.2, 0) is 9.59 Å². The van der Waals surface area contributed by atoms with E-state index in [1.807, 2.05) is 18.9 Å². The van der Waals surface area contributed by atoms with Crippen LogP contribution in [0.5, 0.6) is 0 Å². The van der Waals surface area contributed by atoms with Crippen LogP contribution < -0.4 is 5.32 Å². The molecule has 138 valence electrons. The number of halogens is 2. The van der Waals surface area contributed by atoms with Crippen LogP contribution in [0.4, 0.5) is 5.69 Å². The molecule has 1 amide bonds. The van der Waals surface area contributed by atoms with E-state index in [1.165, 1.54) is 0 Å². The van der Waals surface area contributed by atoms with E-state index in [9.17, 15) is 9.59 Å². The van der Waals surface area contributed by atoms with Gasteiger partial charge in [0.2, 0.25) is 5.91 Å². The number of aliphatic carboxylic acids is 1. The summed E-state index contributed by atoms with van der Waals surface area (Å²) in [6, 6.07) is 5.04. The summed E-state index contributed by atoms with van der Waals surface area (Å²) in [5.74, 6) is -0.961. The molecule has 1 aromatic carbocycles. The Morgan fingerprint density at radius 1 is 1.36 bits per heavy atom. The maximum atomic E-state index is 12.5. The Morgan fingerprint density at radius 3 is 2.60 bits per heavy atom. The molecule has 6 nitrogen and oxygen atoms in total. The van der Waals surface area contributed by atoms with E-state index in [1.54, 1.807) is 18.2 Å². The topological polar surface area (TPSA) is 72.9 Å². The van der Waals surface area contributed by atoms with Gasteiger partial charge in [-0.25, -0.2) is 0 Å². The zero-order valence-corrected chi connectivity index (χ0v) is 15.8. The molecule has 1 aliphatic heterocycles. The van der Waals surface area contributed by atoms with Crippen LogP contribution in [-0.4, -0.2) is 65.5 Å². The number of likely N-dealkylation sites (N-methyl/N-ethyl adjacent to an activating group) is 1. The lowest BCUT2D eigenvalue weighted by Gasteiger charge is -2.38. The van der Waals surface area contributed by atoms with Crippen LogP contribution in [0.3, 0.4) is 0 Å². The number of carboxylic acids is 1. The molecule has 0 aromatic heterocycles. The van der Waals surface area contributed by atoms with Crippen molar-refractivity contribution in [3.8, 4) is 0 Å². The van der Waals surface area contributed by atoms with Crippen molar-refractivity contribution >= 4 is 40.8 Å². The molecule has 1 unspecified atom stereocenters. The molecule has 0 spiro atoms. The normalized spacial score (nSPS) is 17.5. The number of carbonyl (C=O) groups excluding carboxylic acids is 1. The van der Waals surface area contributed by atoms with Gasteiger partial charge in [-0.1, -0.05) is 29.3 Å². The predicted octanol–water partition coefficient (Wildman–Crippen LogP) is 2.80. The molecule has 1 heterocycles. The van der Waals surface area contributed by atoms with Gasteiger partial charge in [0.25, 0.3) is 0 Å². The lowest BCUT2D eigenvalue weighted by atomic mass is 10.0. The van der Waals surface area contributed by atoms with Gasteiger partial charge in [-0.2, -0.15) is 0 Å². The van der Waals surface area contributed by atoms with Crippen molar-refractivity contribution in [3.05, 3.63) is 28.2 Å². The smallest absolute Gasteiger partial charge is 0.317 e. The molecule has 25 heavy (non-hydrogen) atoms. The average Bonchev–Trinajstić information content (AvgIpc) is 2.57. The summed E-state index contributed by atoms with van der Waals surface area (Å²) in [5.41, 5.74) is 0.502. The van der Waals surface area contributed by atoms with Crippen LogP contribution in [0, 0.1) is 0 Å². The number of carbonyl (C=O) groups is 2. The molecule has 2 rings (SSSR count). The molecule has 0 saturated carbocycles. The number of anilines is 1. The summed E-state index contributed by atoms with van der Waals surface area (Å²) in [7, 11) is 1.83. The van der Waals surface area contributed by atoms with Gasteiger partial charge in [-0.15, -0.1) is 0 Å². The molecular formula is C17H23Cl2N3O3. The zero-order chi connectivity index (χ0) is 18.6. The predicted molar refractivity (Wildman–Crippen MR) is 99.4 cm³/mol. The number of benzene rings is 1. The minimum absolute atomic E-state index is 0.0357. The van der Waals surface area contributed by atoms with Crippen LogP contribution in [0.2, 0.25) is 10.0 Å². The summed E-state index contributed by atoms with van der Waals surface area (Å²) in [4.78, 5) is 27.3. The first-order valence-electron chi connectivity index (χ1n) is 8.20. The van der Waals surface area contributed by atoms with Crippen molar-refractivity contribution in [2.45, 2.75) is 31.8 Å². The van der Waals surface area contributed by atoms with Crippen molar-refractivity contribution in [2.75, 3.05) is 32.0 Å². The Hall–Kier alpha value is -1.34. The molecule has 0 radical (unpaired) electrons. The first-order valence-corrected chi connectivity index (χ1v) is 8.96. The standard InChI is InChI=1S/C17H23Cl2N3O3/c1-11(17(25)20-14-5-3-4-13(18)16(14)19)22-8-6-12(7-9-22)21(2)10-15(23)24/h3-5,11-12H,6-10H2,1-2H3,(H,20,25)(H,23,24). The van der Waals surface area contributed by atoms with Crippen molar-refractivity contribution in [3.63, 3.8) is 0 Å². The molecule has 1 saturated heterocycles. The first-order chi connectivity index (χ1) is 11.8. The van der Waals surface area contributed by atoms with Gasteiger partial charge in [0.15, 0.2) is 0 Å². The van der Waals surface area contributed by atoms with Gasteiger partial charge >= 0.3 is 5.97 Å². The van der Waals surface area contributed by atoms with Crippen LogP contribution in [0.15, 0.2) is 18.2 Å². The minimum atomic E-state index is -0.823. The van der Waals surface area contributed by atoms with Gasteiger partial charge in [0.1, 0.15) is 0 Å². The summed E-state index contributed by atoms with van der Waals surface area (Å²) in [6.45, 7) is 3.38. The molecule has 1 aliphatic rings. The second-order valence-corrected chi connectivity index (χ2v) is 7.13. The highest BCUT2D eigenvalue weighted by atomic mass is 35.5. The second-order valence-electron chi connectivity index (χ2n) is 6.34. The van der Waals surface area contributed by atoms with Crippen LogP contribution in [0.25, 0.3) is 0 Å². The maximum absolute atomic E-state index is 12.5. The maximum Gasteiger partial charge on any atom is 0.317 e. The Bertz CT molecular complexity index is 634. The SMILES string of the molecule is CC(C(=O)Nc1cccc(Cl)c1Cl)N1CCC(N(C)CC(=O)O)CC1. The Balaban J connectivity index is 1.89. The van der Waals surface area contributed by atoms with E-state index < -0.39 is 5.97 Å². The van der Waals surface area contributed by atoms with Crippen molar-refractivity contribution in [1.29, 1.82) is 0 Å². The molecule has 2 N–H and O–H groups in total. The Morgan fingerprint density at radius 2 is 2.00 bits per heavy atom. The average molecular weight is 388 g/mol. The number of amides is 1. The Kier molecular flexibility index (Phi) is 7.07. The van der Waals surface area contributed by atoms with Crippen molar-refractivity contribution in [2.24, 2.45) is 0 Å². The van der Waals surface area contributed by atoms with E-state index >= 15 is 0 Å². The third-order valence-electron chi connectivity index (χ3n) is 4.64. The summed E-state index contributed by atoms with van der Waals surface area (Å²) < 4.78 is 0. The van der Waals surface area contributed by atoms with Gasteiger partial charge in [-0.3, -0.25) is 19.4 Å². The minimum Gasteiger partial charge on any atom is -0.480 e. The van der Waals surface area contributed by atoms with E-state index in [4.69, 9.17) is 28.3 Å². The van der Waals surface area contributed by atoms with E-state index in [2.05, 4.69) is 10.2 Å². The highest BCUT2D eigenvalue weighted by Gasteiger charge is 2.29. The lowest BCUT2D eigenvalue weighted by molar-refractivity contribution is -0.138. The Labute approximate surface area is 157 Å². The summed E-state index contributed by atoms with van der Waals surface area (Å²) in [6.07, 6.45) is 1.67. The summed E-state index contributed by atoms with van der Waals surface area (Å²) in [5, 5.41) is 12.4. The van der Waals surface area contributed by atoms with E-state index in [0.717, 1.165) is 25.9 Å². The quantitative estimate of drug-likeness (QED) is 0.784. The number of hydrogen-bond donors (Lipinski definition) is 2. The van der Waals surface area contributed by atoms with Gasteiger partial charge < -0.3 is 10.4 Å². The van der Waals surface area contributed by atoms with Gasteiger partial charge in [0, 0.05) is 19.1 Å². The number of piperidine rings is 1. The molecule has 0 aliphatic carbocycles. The number of hydrogen-bond acceptors (Lipinski definition) is 4. The third-order valence-corrected chi connectivity index (χ3v) is 5.46. The highest BCUT2D eigenvalue weighted by molar-refractivity contribution is 6.44. The van der Waals surface area contributed by atoms with Crippen molar-refractivity contribution in [1.82, 2.24) is 9.80 Å². The van der Waals surface area contributed by atoms with Gasteiger partial charge in [0.05, 0.1) is 28.3 Å². The van der Waals surface area contributed by atoms with Crippen LogP contribution in [0.1, 0.15) is 19.8 Å². The number of carboxylic acid groups (broad SMARTS) is 1. The van der Waals surface area contributed by atoms with E-state index in [0.29, 0.717) is 15.7 Å². The molecule has 1 fully saturated rings. The fourth-order valence-corrected chi connectivity index (χ4v) is 3.41. The third kappa shape index (κ3) is 5.31. The molecule has 1 atom stereocenters. The highest BCUT2D eigenvalue weighted by Crippen LogP contribution is 2.29. The fraction of sp³-hybridized carbons (Fsp3) is 0.529. The second kappa shape index (κ2) is 8.85. The van der Waals surface area contributed by atoms with E-state index in [-0.39, 0.29) is 24.5 Å². The van der Waals surface area contributed by atoms with Gasteiger partial charge in [-0.05, 0) is 38.9 Å². The molecule has 1 aromatic rings. The first kappa shape index (κ1) is 20.0. The molecule has 8 heteroatoms. The number of nitrogens with one attached hydrogen (secondary N) is 1. The fourth-order valence-electron chi connectivity index (χ4n) is 3.06. The molecule has 0 bridgehead atoms. The monoisotopic (exact) mass is 387 g/mol. The number of likely N-dealkylation sites (tertiary alicyclic amines) is 1. The summed E-state index contributed by atoms with van der Waals surface area (Å²) >= 11 is 12.1. The number of nitrogens with zero attached hydrogens (tertiary/aromatic N) is 2. The lowest BCUT2D eigenvalue weighted by Crippen LogP contribution is -2.50. The number of rotatable bonds is 6. The van der Waals surface area contributed by atoms with Crippen molar-refractivity contribution < 1.29 is 14.7 Å². The zero-order valence-electron chi connectivity index (χ0n) is 14.3. The molecular weight excluding hydrogens is 365 g/mol. The largest absolute Gasteiger partial charge is 0.480 e. The van der Waals surface area contributed by atoms with Crippen LogP contribution >= 0.6 is 23.2 Å².